The lowest BCUT2D eigenvalue weighted by atomic mass is 10.1. The van der Waals surface area contributed by atoms with Gasteiger partial charge in [0.1, 0.15) is 0 Å². The summed E-state index contributed by atoms with van der Waals surface area (Å²) >= 11 is 0. The molecule has 2 aliphatic rings. The first-order valence-corrected chi connectivity index (χ1v) is 8.48. The second-order valence-corrected chi connectivity index (χ2v) is 6.44. The minimum Gasteiger partial charge on any atom is -0.378 e. The van der Waals surface area contributed by atoms with E-state index < -0.39 is 12.6 Å². The largest absolute Gasteiger partial charge is 0.389 e. The van der Waals surface area contributed by atoms with Gasteiger partial charge in [-0.15, -0.1) is 0 Å². The van der Waals surface area contributed by atoms with E-state index in [9.17, 15) is 13.2 Å². The molecule has 24 heavy (non-hydrogen) atoms. The molecule has 0 bridgehead atoms. The molecular formula is C16H23F3N4O. The fourth-order valence-corrected chi connectivity index (χ4v) is 3.33. The third-order valence-electron chi connectivity index (χ3n) is 4.60. The summed E-state index contributed by atoms with van der Waals surface area (Å²) in [6.45, 7) is 3.38. The van der Waals surface area contributed by atoms with Crippen LogP contribution in [0, 0.1) is 0 Å². The number of ether oxygens (including phenoxy) is 1. The number of nitrogens with one attached hydrogen (secondary N) is 1. The number of alkyl halides is 3. The molecule has 3 heterocycles. The summed E-state index contributed by atoms with van der Waals surface area (Å²) in [7, 11) is 0. The van der Waals surface area contributed by atoms with Crippen molar-refractivity contribution in [2.24, 2.45) is 0 Å². The number of halogens is 3. The fourth-order valence-electron chi connectivity index (χ4n) is 3.33. The Morgan fingerprint density at radius 1 is 1.21 bits per heavy atom. The lowest BCUT2D eigenvalue weighted by molar-refractivity contribution is -0.134. The molecule has 0 spiro atoms. The smallest absolute Gasteiger partial charge is 0.378 e. The van der Waals surface area contributed by atoms with Gasteiger partial charge in [0, 0.05) is 18.3 Å². The number of aromatic nitrogens is 2. The first-order chi connectivity index (χ1) is 11.5. The number of likely N-dealkylation sites (tertiary alicyclic amines) is 1. The average molecular weight is 344 g/mol. The van der Waals surface area contributed by atoms with E-state index in [2.05, 4.69) is 20.2 Å². The lowest BCUT2D eigenvalue weighted by Crippen LogP contribution is -2.48. The van der Waals surface area contributed by atoms with Crippen LogP contribution in [0.5, 0.6) is 0 Å². The van der Waals surface area contributed by atoms with Gasteiger partial charge in [0.25, 0.3) is 0 Å². The summed E-state index contributed by atoms with van der Waals surface area (Å²) in [5, 5.41) is 3.26. The Kier molecular flexibility index (Phi) is 5.55. The normalized spacial score (nSPS) is 25.8. The Morgan fingerprint density at radius 3 is 2.75 bits per heavy atom. The van der Waals surface area contributed by atoms with Gasteiger partial charge in [0.05, 0.1) is 25.3 Å². The predicted octanol–water partition coefficient (Wildman–Crippen LogP) is 2.64. The number of aryl methyl sites for hydroxylation is 1. The number of hydrogen-bond donors (Lipinski definition) is 1. The summed E-state index contributed by atoms with van der Waals surface area (Å²) in [6.07, 6.45) is 0.0135. The van der Waals surface area contributed by atoms with Crippen LogP contribution in [0.1, 0.15) is 31.4 Å². The van der Waals surface area contributed by atoms with E-state index in [0.717, 1.165) is 13.1 Å². The van der Waals surface area contributed by atoms with E-state index in [1.54, 1.807) is 0 Å². The van der Waals surface area contributed by atoms with Crippen LogP contribution in [-0.2, 0) is 11.2 Å². The number of hydrogen-bond acceptors (Lipinski definition) is 5. The van der Waals surface area contributed by atoms with Crippen LogP contribution in [0.3, 0.4) is 0 Å². The van der Waals surface area contributed by atoms with Crippen LogP contribution in [0.4, 0.5) is 19.1 Å². The number of anilines is 1. The van der Waals surface area contributed by atoms with E-state index in [4.69, 9.17) is 4.74 Å². The molecule has 2 atom stereocenters. The molecule has 3 rings (SSSR count). The van der Waals surface area contributed by atoms with Crippen molar-refractivity contribution in [1.29, 1.82) is 0 Å². The highest BCUT2D eigenvalue weighted by Gasteiger charge is 2.34. The minimum absolute atomic E-state index is 0.0703. The van der Waals surface area contributed by atoms with Crippen molar-refractivity contribution in [3.05, 3.63) is 18.0 Å². The SMILES string of the molecule is FC(F)(F)CCc1ccnc(N[C@H]2COC[C@@H]2N2CCCCC2)n1. The third kappa shape index (κ3) is 4.80. The van der Waals surface area contributed by atoms with Gasteiger partial charge in [-0.25, -0.2) is 9.97 Å². The van der Waals surface area contributed by atoms with Gasteiger partial charge in [0.2, 0.25) is 5.95 Å². The fraction of sp³-hybridized carbons (Fsp3) is 0.750. The molecule has 0 aromatic carbocycles. The lowest BCUT2D eigenvalue weighted by Gasteiger charge is -2.34. The molecule has 1 N–H and O–H groups in total. The monoisotopic (exact) mass is 344 g/mol. The first kappa shape index (κ1) is 17.4. The van der Waals surface area contributed by atoms with E-state index in [1.807, 2.05) is 0 Å². The third-order valence-corrected chi connectivity index (χ3v) is 4.60. The van der Waals surface area contributed by atoms with Crippen LogP contribution in [-0.4, -0.2) is 59.4 Å². The Hall–Kier alpha value is -1.41. The Morgan fingerprint density at radius 2 is 2.00 bits per heavy atom. The summed E-state index contributed by atoms with van der Waals surface area (Å²) in [5.74, 6) is 0.382. The van der Waals surface area contributed by atoms with Gasteiger partial charge in [-0.05, 0) is 38.4 Å². The zero-order valence-corrected chi connectivity index (χ0v) is 13.6. The van der Waals surface area contributed by atoms with Crippen molar-refractivity contribution in [3.63, 3.8) is 0 Å². The molecule has 2 fully saturated rings. The molecule has 2 aliphatic heterocycles. The molecule has 8 heteroatoms. The quantitative estimate of drug-likeness (QED) is 0.890. The van der Waals surface area contributed by atoms with Crippen LogP contribution in [0.15, 0.2) is 12.3 Å². The van der Waals surface area contributed by atoms with Crippen molar-refractivity contribution in [2.75, 3.05) is 31.6 Å². The summed E-state index contributed by atoms with van der Waals surface area (Å²) < 4.78 is 42.6. The molecule has 134 valence electrons. The van der Waals surface area contributed by atoms with Crippen LogP contribution in [0.25, 0.3) is 0 Å². The zero-order valence-electron chi connectivity index (χ0n) is 13.6. The second-order valence-electron chi connectivity index (χ2n) is 6.44. The van der Waals surface area contributed by atoms with Crippen LogP contribution < -0.4 is 5.32 Å². The van der Waals surface area contributed by atoms with Crippen LogP contribution in [0.2, 0.25) is 0 Å². The standard InChI is InChI=1S/C16H23F3N4O/c17-16(18,19)6-4-12-5-7-20-15(21-12)22-13-10-24-11-14(13)23-8-2-1-3-9-23/h5,7,13-14H,1-4,6,8-11H2,(H,20,21,22)/t13-,14-/m0/s1. The van der Waals surface area contributed by atoms with E-state index in [0.29, 0.717) is 24.9 Å². The molecule has 2 saturated heterocycles. The van der Waals surface area contributed by atoms with E-state index in [1.165, 1.54) is 31.5 Å². The highest BCUT2D eigenvalue weighted by Crippen LogP contribution is 2.23. The topological polar surface area (TPSA) is 50.3 Å². The Balaban J connectivity index is 1.60. The maximum Gasteiger partial charge on any atom is 0.389 e. The summed E-state index contributed by atoms with van der Waals surface area (Å²) in [6, 6.07) is 1.87. The molecular weight excluding hydrogens is 321 g/mol. The van der Waals surface area contributed by atoms with E-state index in [-0.39, 0.29) is 18.5 Å². The molecule has 1 aromatic heterocycles. The zero-order chi connectivity index (χ0) is 17.0. The van der Waals surface area contributed by atoms with E-state index >= 15 is 0 Å². The second kappa shape index (κ2) is 7.65. The van der Waals surface area contributed by atoms with Gasteiger partial charge in [-0.2, -0.15) is 13.2 Å². The number of piperidine rings is 1. The van der Waals surface area contributed by atoms with Crippen molar-refractivity contribution >= 4 is 5.95 Å². The Labute approximate surface area is 139 Å². The maximum absolute atomic E-state index is 12.3. The summed E-state index contributed by atoms with van der Waals surface area (Å²) in [5.41, 5.74) is 0.401. The van der Waals surface area contributed by atoms with Crippen molar-refractivity contribution in [1.82, 2.24) is 14.9 Å². The molecule has 0 amide bonds. The number of nitrogens with zero attached hydrogens (tertiary/aromatic N) is 3. The van der Waals surface area contributed by atoms with Crippen molar-refractivity contribution in [2.45, 2.75) is 50.4 Å². The molecule has 0 saturated carbocycles. The van der Waals surface area contributed by atoms with Gasteiger partial charge < -0.3 is 10.1 Å². The molecule has 0 unspecified atom stereocenters. The number of rotatable bonds is 5. The first-order valence-electron chi connectivity index (χ1n) is 8.48. The van der Waals surface area contributed by atoms with Gasteiger partial charge in [-0.1, -0.05) is 6.42 Å². The van der Waals surface area contributed by atoms with Crippen LogP contribution >= 0.6 is 0 Å². The highest BCUT2D eigenvalue weighted by molar-refractivity contribution is 5.28. The highest BCUT2D eigenvalue weighted by atomic mass is 19.4. The van der Waals surface area contributed by atoms with Crippen molar-refractivity contribution in [3.8, 4) is 0 Å². The minimum atomic E-state index is -4.17. The molecule has 0 radical (unpaired) electrons. The molecule has 1 aromatic rings. The van der Waals surface area contributed by atoms with Crippen molar-refractivity contribution < 1.29 is 17.9 Å². The van der Waals surface area contributed by atoms with Gasteiger partial charge >= 0.3 is 6.18 Å². The predicted molar refractivity (Wildman–Crippen MR) is 83.8 cm³/mol. The van der Waals surface area contributed by atoms with Gasteiger partial charge in [0.15, 0.2) is 0 Å². The maximum atomic E-state index is 12.3. The summed E-state index contributed by atoms with van der Waals surface area (Å²) in [4.78, 5) is 10.8. The Bertz CT molecular complexity index is 534. The average Bonchev–Trinajstić information content (AvgIpc) is 3.02. The van der Waals surface area contributed by atoms with Gasteiger partial charge in [-0.3, -0.25) is 4.90 Å². The molecule has 5 nitrogen and oxygen atoms in total. The molecule has 0 aliphatic carbocycles.